The topological polar surface area (TPSA) is 33.3 Å². The minimum absolute atomic E-state index is 0. The fraction of sp³-hybridized carbons (Fsp3) is 0.700. The Kier molecular flexibility index (Phi) is 8.03. The second kappa shape index (κ2) is 9.57. The molecule has 3 rings (SSSR count). The average Bonchev–Trinajstić information content (AvgIpc) is 3.02. The van der Waals surface area contributed by atoms with E-state index in [0.717, 1.165) is 37.7 Å². The summed E-state index contributed by atoms with van der Waals surface area (Å²) in [4.78, 5) is 0. The van der Waals surface area contributed by atoms with Crippen molar-refractivity contribution in [2.24, 2.45) is 11.3 Å². The molecule has 3 nitrogen and oxygen atoms in total. The van der Waals surface area contributed by atoms with Crippen molar-refractivity contribution >= 4 is 24.0 Å². The Labute approximate surface area is 163 Å². The Balaban J connectivity index is 0.00000225. The van der Waals surface area contributed by atoms with Gasteiger partial charge in [-0.2, -0.15) is 0 Å². The van der Waals surface area contributed by atoms with Crippen LogP contribution in [0.2, 0.25) is 5.02 Å². The van der Waals surface area contributed by atoms with Gasteiger partial charge in [0.2, 0.25) is 0 Å². The van der Waals surface area contributed by atoms with E-state index in [1.807, 2.05) is 12.1 Å². The lowest BCUT2D eigenvalue weighted by Gasteiger charge is -2.35. The van der Waals surface area contributed by atoms with Gasteiger partial charge in [0, 0.05) is 30.2 Å². The largest absolute Gasteiger partial charge is 0.379 e. The minimum Gasteiger partial charge on any atom is -0.379 e. The van der Waals surface area contributed by atoms with Gasteiger partial charge < -0.3 is 15.4 Å². The van der Waals surface area contributed by atoms with Gasteiger partial charge in [0.1, 0.15) is 0 Å². The normalized spacial score (nSPS) is 27.1. The highest BCUT2D eigenvalue weighted by Gasteiger charge is 2.35. The van der Waals surface area contributed by atoms with Crippen LogP contribution in [0, 0.1) is 11.3 Å². The van der Waals surface area contributed by atoms with E-state index in [-0.39, 0.29) is 17.8 Å². The van der Waals surface area contributed by atoms with Gasteiger partial charge in [0.15, 0.2) is 0 Å². The SMILES string of the molecule is CC(C)(CNC1CCCC1C1COCCN1)Cc1cccc(Cl)c1.Cl. The number of morpholine rings is 1. The number of hydrogen-bond donors (Lipinski definition) is 2. The molecular weight excluding hydrogens is 355 g/mol. The zero-order chi connectivity index (χ0) is 17.0. The third-order valence-electron chi connectivity index (χ3n) is 5.45. The molecule has 1 aromatic carbocycles. The van der Waals surface area contributed by atoms with E-state index < -0.39 is 0 Å². The second-order valence-electron chi connectivity index (χ2n) is 8.19. The Hall–Kier alpha value is -0.320. The fourth-order valence-electron chi connectivity index (χ4n) is 4.25. The molecular formula is C20H32Cl2N2O. The monoisotopic (exact) mass is 386 g/mol. The first kappa shape index (κ1) is 21.0. The number of ether oxygens (including phenoxy) is 1. The molecule has 2 fully saturated rings. The smallest absolute Gasteiger partial charge is 0.0623 e. The van der Waals surface area contributed by atoms with Crippen molar-refractivity contribution in [3.8, 4) is 0 Å². The maximum atomic E-state index is 6.13. The lowest BCUT2D eigenvalue weighted by atomic mass is 9.84. The lowest BCUT2D eigenvalue weighted by molar-refractivity contribution is 0.0518. The van der Waals surface area contributed by atoms with Crippen molar-refractivity contribution in [1.82, 2.24) is 10.6 Å². The first-order chi connectivity index (χ1) is 11.5. The van der Waals surface area contributed by atoms with E-state index in [1.54, 1.807) is 0 Å². The van der Waals surface area contributed by atoms with Crippen molar-refractivity contribution in [1.29, 1.82) is 0 Å². The van der Waals surface area contributed by atoms with Crippen LogP contribution in [0.25, 0.3) is 0 Å². The summed E-state index contributed by atoms with van der Waals surface area (Å²) in [6.45, 7) is 8.44. The molecule has 1 saturated carbocycles. The molecule has 142 valence electrons. The van der Waals surface area contributed by atoms with Crippen LogP contribution in [-0.2, 0) is 11.2 Å². The predicted octanol–water partition coefficient (Wildman–Crippen LogP) is 4.08. The molecule has 0 radical (unpaired) electrons. The zero-order valence-electron chi connectivity index (χ0n) is 15.4. The van der Waals surface area contributed by atoms with Crippen molar-refractivity contribution < 1.29 is 4.74 Å². The van der Waals surface area contributed by atoms with Gasteiger partial charge in [-0.1, -0.05) is 44.0 Å². The number of rotatable bonds is 6. The molecule has 0 spiro atoms. The molecule has 3 unspecified atom stereocenters. The molecule has 0 amide bonds. The third kappa shape index (κ3) is 6.11. The van der Waals surface area contributed by atoms with Crippen molar-refractivity contribution in [3.05, 3.63) is 34.9 Å². The molecule has 0 aromatic heterocycles. The van der Waals surface area contributed by atoms with Crippen LogP contribution in [-0.4, -0.2) is 38.4 Å². The average molecular weight is 387 g/mol. The van der Waals surface area contributed by atoms with Gasteiger partial charge in [0.25, 0.3) is 0 Å². The first-order valence-corrected chi connectivity index (χ1v) is 9.70. The first-order valence-electron chi connectivity index (χ1n) is 9.32. The molecule has 5 heteroatoms. The third-order valence-corrected chi connectivity index (χ3v) is 5.69. The Bertz CT molecular complexity index is 532. The Morgan fingerprint density at radius 1 is 1.32 bits per heavy atom. The number of nitrogens with one attached hydrogen (secondary N) is 2. The summed E-state index contributed by atoms with van der Waals surface area (Å²) in [5, 5.41) is 8.36. The summed E-state index contributed by atoms with van der Waals surface area (Å²) >= 11 is 6.13. The lowest BCUT2D eigenvalue weighted by Crippen LogP contribution is -2.51. The summed E-state index contributed by atoms with van der Waals surface area (Å²) in [5.74, 6) is 0.701. The van der Waals surface area contributed by atoms with Crippen LogP contribution in [0.4, 0.5) is 0 Å². The van der Waals surface area contributed by atoms with Gasteiger partial charge in [0.05, 0.1) is 13.2 Å². The fourth-order valence-corrected chi connectivity index (χ4v) is 4.47. The quantitative estimate of drug-likeness (QED) is 0.772. The highest BCUT2D eigenvalue weighted by atomic mass is 35.5. The maximum Gasteiger partial charge on any atom is 0.0623 e. The second-order valence-corrected chi connectivity index (χ2v) is 8.63. The van der Waals surface area contributed by atoms with E-state index in [2.05, 4.69) is 36.6 Å². The summed E-state index contributed by atoms with van der Waals surface area (Å²) in [5.41, 5.74) is 1.54. The van der Waals surface area contributed by atoms with Gasteiger partial charge in [-0.05, 0) is 48.3 Å². The van der Waals surface area contributed by atoms with E-state index in [9.17, 15) is 0 Å². The number of halogens is 2. The van der Waals surface area contributed by atoms with Crippen molar-refractivity contribution in [2.45, 2.75) is 51.6 Å². The van der Waals surface area contributed by atoms with Crippen LogP contribution in [0.1, 0.15) is 38.7 Å². The molecule has 0 bridgehead atoms. The molecule has 1 aromatic rings. The molecule has 1 heterocycles. The van der Waals surface area contributed by atoms with E-state index in [0.29, 0.717) is 18.0 Å². The van der Waals surface area contributed by atoms with Gasteiger partial charge >= 0.3 is 0 Å². The number of hydrogen-bond acceptors (Lipinski definition) is 3. The van der Waals surface area contributed by atoms with Gasteiger partial charge in [-0.3, -0.25) is 0 Å². The molecule has 2 aliphatic rings. The molecule has 1 aliphatic carbocycles. The highest BCUT2D eigenvalue weighted by Crippen LogP contribution is 2.31. The highest BCUT2D eigenvalue weighted by molar-refractivity contribution is 6.30. The molecule has 1 saturated heterocycles. The predicted molar refractivity (Wildman–Crippen MR) is 108 cm³/mol. The van der Waals surface area contributed by atoms with Crippen LogP contribution in [0.5, 0.6) is 0 Å². The molecule has 3 atom stereocenters. The molecule has 25 heavy (non-hydrogen) atoms. The van der Waals surface area contributed by atoms with Gasteiger partial charge in [-0.25, -0.2) is 0 Å². The molecule has 1 aliphatic heterocycles. The van der Waals surface area contributed by atoms with Crippen molar-refractivity contribution in [3.63, 3.8) is 0 Å². The molecule has 2 N–H and O–H groups in total. The van der Waals surface area contributed by atoms with Crippen LogP contribution in [0.15, 0.2) is 24.3 Å². The van der Waals surface area contributed by atoms with Crippen LogP contribution >= 0.6 is 24.0 Å². The zero-order valence-corrected chi connectivity index (χ0v) is 17.0. The maximum absolute atomic E-state index is 6.13. The van der Waals surface area contributed by atoms with E-state index >= 15 is 0 Å². The van der Waals surface area contributed by atoms with E-state index in [4.69, 9.17) is 16.3 Å². The Morgan fingerprint density at radius 3 is 2.88 bits per heavy atom. The van der Waals surface area contributed by atoms with Crippen LogP contribution < -0.4 is 10.6 Å². The Morgan fingerprint density at radius 2 is 2.16 bits per heavy atom. The van der Waals surface area contributed by atoms with Gasteiger partial charge in [-0.15, -0.1) is 12.4 Å². The summed E-state index contributed by atoms with van der Waals surface area (Å²) in [6.07, 6.45) is 4.97. The minimum atomic E-state index is 0. The summed E-state index contributed by atoms with van der Waals surface area (Å²) < 4.78 is 5.68. The summed E-state index contributed by atoms with van der Waals surface area (Å²) in [6, 6.07) is 9.39. The van der Waals surface area contributed by atoms with E-state index in [1.165, 1.54) is 24.8 Å². The summed E-state index contributed by atoms with van der Waals surface area (Å²) in [7, 11) is 0. The van der Waals surface area contributed by atoms with Crippen LogP contribution in [0.3, 0.4) is 0 Å². The standard InChI is InChI=1S/C20H31ClN2O.ClH/c1-20(2,12-15-5-3-6-16(21)11-15)14-23-18-8-4-7-17(18)19-13-24-10-9-22-19;/h3,5-6,11,17-19,22-23H,4,7-10,12-14H2,1-2H3;1H. The number of benzene rings is 1. The van der Waals surface area contributed by atoms with Crippen molar-refractivity contribution in [2.75, 3.05) is 26.3 Å².